The normalized spacial score (nSPS) is 17.5. The molecule has 1 aromatic carbocycles. The Balaban J connectivity index is 1.76. The number of para-hydroxylation sites is 1. The lowest BCUT2D eigenvalue weighted by atomic mass is 10.2. The predicted molar refractivity (Wildman–Crippen MR) is 80.7 cm³/mol. The molecule has 0 spiro atoms. The van der Waals surface area contributed by atoms with Crippen molar-refractivity contribution in [1.82, 2.24) is 4.90 Å². The molecule has 1 aliphatic heterocycles. The highest BCUT2D eigenvalue weighted by Gasteiger charge is 2.20. The van der Waals surface area contributed by atoms with Crippen LogP contribution in [0.4, 0.5) is 10.1 Å². The molecule has 21 heavy (non-hydrogen) atoms. The van der Waals surface area contributed by atoms with Crippen molar-refractivity contribution in [3.05, 3.63) is 30.1 Å². The van der Waals surface area contributed by atoms with Crippen molar-refractivity contribution in [3.63, 3.8) is 0 Å². The second-order valence-electron chi connectivity index (χ2n) is 5.11. The number of β-amino-alcohol motifs (C(OH)–C–C–N with tert-alkyl or cyclic N) is 1. The molecule has 1 unspecified atom stereocenters. The van der Waals surface area contributed by atoms with Gasteiger partial charge in [0.25, 0.3) is 0 Å². The van der Waals surface area contributed by atoms with Crippen LogP contribution in [0.5, 0.6) is 0 Å². The SMILES string of the molecule is C#CCOCC(O)CN1CCN(c2ccccc2F)CC1. The highest BCUT2D eigenvalue weighted by atomic mass is 19.1. The van der Waals surface area contributed by atoms with Crippen LogP contribution in [0.3, 0.4) is 0 Å². The maximum atomic E-state index is 13.7. The van der Waals surface area contributed by atoms with Crippen LogP contribution >= 0.6 is 0 Å². The quantitative estimate of drug-likeness (QED) is 0.626. The molecule has 0 aliphatic carbocycles. The summed E-state index contributed by atoms with van der Waals surface area (Å²) in [5.41, 5.74) is 0.648. The summed E-state index contributed by atoms with van der Waals surface area (Å²) in [5.74, 6) is 2.18. The standard InChI is InChI=1S/C16H21FN2O2/c1-2-11-21-13-14(20)12-18-7-9-19(10-8-18)16-6-4-3-5-15(16)17/h1,3-6,14,20H,7-13H2. The summed E-state index contributed by atoms with van der Waals surface area (Å²) < 4.78 is 18.8. The molecule has 1 fully saturated rings. The van der Waals surface area contributed by atoms with Crippen LogP contribution in [0.15, 0.2) is 24.3 Å². The number of halogens is 1. The summed E-state index contributed by atoms with van der Waals surface area (Å²) in [7, 11) is 0. The number of hydrogen-bond acceptors (Lipinski definition) is 4. The molecule has 1 heterocycles. The lowest BCUT2D eigenvalue weighted by molar-refractivity contribution is 0.0267. The number of benzene rings is 1. The number of ether oxygens (including phenoxy) is 1. The first-order chi connectivity index (χ1) is 10.2. The van der Waals surface area contributed by atoms with E-state index in [4.69, 9.17) is 11.2 Å². The van der Waals surface area contributed by atoms with Gasteiger partial charge in [0.05, 0.1) is 18.4 Å². The van der Waals surface area contributed by atoms with Gasteiger partial charge in [0.15, 0.2) is 0 Å². The number of anilines is 1. The second-order valence-corrected chi connectivity index (χ2v) is 5.11. The molecule has 5 heteroatoms. The molecule has 0 amide bonds. The van der Waals surface area contributed by atoms with Crippen LogP contribution in [0.25, 0.3) is 0 Å². The minimum Gasteiger partial charge on any atom is -0.389 e. The zero-order chi connectivity index (χ0) is 15.1. The van der Waals surface area contributed by atoms with E-state index in [0.717, 1.165) is 26.2 Å². The van der Waals surface area contributed by atoms with Crippen LogP contribution in [0, 0.1) is 18.2 Å². The van der Waals surface area contributed by atoms with Gasteiger partial charge in [-0.25, -0.2) is 4.39 Å². The molecule has 1 atom stereocenters. The fourth-order valence-electron chi connectivity index (χ4n) is 2.48. The second kappa shape index (κ2) is 7.99. The van der Waals surface area contributed by atoms with Crippen LogP contribution < -0.4 is 4.90 Å². The van der Waals surface area contributed by atoms with Crippen molar-refractivity contribution in [2.45, 2.75) is 6.10 Å². The van der Waals surface area contributed by atoms with Crippen LogP contribution in [0.1, 0.15) is 0 Å². The Labute approximate surface area is 125 Å². The summed E-state index contributed by atoms with van der Waals surface area (Å²) in [6, 6.07) is 6.82. The van der Waals surface area contributed by atoms with Gasteiger partial charge in [-0.3, -0.25) is 4.90 Å². The zero-order valence-corrected chi connectivity index (χ0v) is 12.0. The van der Waals surface area contributed by atoms with Gasteiger partial charge in [-0.1, -0.05) is 18.1 Å². The number of rotatable bonds is 6. The summed E-state index contributed by atoms with van der Waals surface area (Å²) in [6.45, 7) is 4.10. The first-order valence-electron chi connectivity index (χ1n) is 7.12. The zero-order valence-electron chi connectivity index (χ0n) is 12.0. The first kappa shape index (κ1) is 15.8. The minimum atomic E-state index is -0.543. The number of terminal acetylenes is 1. The number of aliphatic hydroxyl groups is 1. The summed E-state index contributed by atoms with van der Waals surface area (Å²) in [4.78, 5) is 4.19. The van der Waals surface area contributed by atoms with Gasteiger partial charge in [-0.15, -0.1) is 6.42 Å². The smallest absolute Gasteiger partial charge is 0.146 e. The third kappa shape index (κ3) is 4.71. The lowest BCUT2D eigenvalue weighted by Crippen LogP contribution is -2.49. The van der Waals surface area contributed by atoms with E-state index in [2.05, 4.69) is 10.8 Å². The Bertz CT molecular complexity index is 481. The van der Waals surface area contributed by atoms with Gasteiger partial charge < -0.3 is 14.7 Å². The van der Waals surface area contributed by atoms with Crippen molar-refractivity contribution in [1.29, 1.82) is 0 Å². The fourth-order valence-corrected chi connectivity index (χ4v) is 2.48. The topological polar surface area (TPSA) is 35.9 Å². The predicted octanol–water partition coefficient (Wildman–Crippen LogP) is 0.958. The van der Waals surface area contributed by atoms with Gasteiger partial charge in [0.1, 0.15) is 12.4 Å². The van der Waals surface area contributed by atoms with Gasteiger partial charge >= 0.3 is 0 Å². The average Bonchev–Trinajstić information content (AvgIpc) is 2.49. The van der Waals surface area contributed by atoms with E-state index in [9.17, 15) is 9.50 Å². The molecule has 0 saturated carbocycles. The summed E-state index contributed by atoms with van der Waals surface area (Å²) >= 11 is 0. The van der Waals surface area contributed by atoms with Gasteiger partial charge in [-0.05, 0) is 12.1 Å². The van der Waals surface area contributed by atoms with Gasteiger partial charge in [0.2, 0.25) is 0 Å². The Hall–Kier alpha value is -1.61. The molecular formula is C16H21FN2O2. The highest BCUT2D eigenvalue weighted by molar-refractivity contribution is 5.47. The minimum absolute atomic E-state index is 0.186. The fraction of sp³-hybridized carbons (Fsp3) is 0.500. The van der Waals surface area contributed by atoms with E-state index in [1.165, 1.54) is 6.07 Å². The Morgan fingerprint density at radius 1 is 1.29 bits per heavy atom. The average molecular weight is 292 g/mol. The molecule has 114 valence electrons. The summed E-state index contributed by atoms with van der Waals surface area (Å²) in [5, 5.41) is 9.85. The van der Waals surface area contributed by atoms with E-state index in [0.29, 0.717) is 12.2 Å². The molecule has 1 aromatic rings. The van der Waals surface area contributed by atoms with Crippen molar-refractivity contribution in [2.75, 3.05) is 50.8 Å². The Morgan fingerprint density at radius 2 is 2.00 bits per heavy atom. The van der Waals surface area contributed by atoms with Crippen molar-refractivity contribution in [3.8, 4) is 12.3 Å². The van der Waals surface area contributed by atoms with E-state index in [1.807, 2.05) is 11.0 Å². The van der Waals surface area contributed by atoms with E-state index in [-0.39, 0.29) is 19.0 Å². The molecule has 0 bridgehead atoms. The van der Waals surface area contributed by atoms with Gasteiger partial charge in [0, 0.05) is 32.7 Å². The molecule has 2 rings (SSSR count). The third-order valence-electron chi connectivity index (χ3n) is 3.53. The van der Waals surface area contributed by atoms with Crippen molar-refractivity contribution < 1.29 is 14.2 Å². The van der Waals surface area contributed by atoms with Crippen LogP contribution in [-0.4, -0.2) is 62.0 Å². The van der Waals surface area contributed by atoms with Crippen molar-refractivity contribution >= 4 is 5.69 Å². The molecular weight excluding hydrogens is 271 g/mol. The molecule has 1 saturated heterocycles. The monoisotopic (exact) mass is 292 g/mol. The molecule has 0 radical (unpaired) electrons. The third-order valence-corrected chi connectivity index (χ3v) is 3.53. The van der Waals surface area contributed by atoms with E-state index >= 15 is 0 Å². The number of nitrogens with zero attached hydrogens (tertiary/aromatic N) is 2. The van der Waals surface area contributed by atoms with Gasteiger partial charge in [-0.2, -0.15) is 0 Å². The maximum Gasteiger partial charge on any atom is 0.146 e. The molecule has 1 N–H and O–H groups in total. The highest BCUT2D eigenvalue weighted by Crippen LogP contribution is 2.20. The first-order valence-corrected chi connectivity index (χ1v) is 7.12. The number of hydrogen-bond donors (Lipinski definition) is 1. The summed E-state index contributed by atoms with van der Waals surface area (Å²) in [6.07, 6.45) is 4.54. The molecule has 4 nitrogen and oxygen atoms in total. The maximum absolute atomic E-state index is 13.7. The van der Waals surface area contributed by atoms with Crippen LogP contribution in [0.2, 0.25) is 0 Å². The molecule has 0 aromatic heterocycles. The van der Waals surface area contributed by atoms with E-state index < -0.39 is 6.10 Å². The van der Waals surface area contributed by atoms with Crippen LogP contribution in [-0.2, 0) is 4.74 Å². The lowest BCUT2D eigenvalue weighted by Gasteiger charge is -2.36. The number of piperazine rings is 1. The van der Waals surface area contributed by atoms with E-state index in [1.54, 1.807) is 12.1 Å². The molecule has 1 aliphatic rings. The van der Waals surface area contributed by atoms with Crippen molar-refractivity contribution in [2.24, 2.45) is 0 Å². The Kier molecular flexibility index (Phi) is 6.00. The largest absolute Gasteiger partial charge is 0.389 e. The Morgan fingerprint density at radius 3 is 2.67 bits per heavy atom. The number of aliphatic hydroxyl groups excluding tert-OH is 1.